The zero-order chi connectivity index (χ0) is 51.1. The molecule has 8 aliphatic carbocycles. The van der Waals surface area contributed by atoms with Crippen LogP contribution in [-0.4, -0.2) is 16.0 Å². The lowest BCUT2D eigenvalue weighted by Crippen LogP contribution is -2.61. The highest BCUT2D eigenvalue weighted by Gasteiger charge is 2.71. The van der Waals surface area contributed by atoms with Crippen molar-refractivity contribution in [3.05, 3.63) is 228 Å². The summed E-state index contributed by atoms with van der Waals surface area (Å²) in [7, 11) is 0. The summed E-state index contributed by atoms with van der Waals surface area (Å²) in [4.78, 5) is 31.6. The minimum Gasteiger partial charge on any atom is -0.308 e. The summed E-state index contributed by atoms with van der Waals surface area (Å²) >= 11 is 0. The predicted octanol–water partition coefficient (Wildman–Crippen LogP) is 16.4. The second-order valence-electron chi connectivity index (χ2n) is 27.7. The van der Waals surface area contributed by atoms with Gasteiger partial charge in [0.25, 0.3) is 0 Å². The number of hydrogen-bond acceptors (Lipinski definition) is 2. The molecule has 75 heavy (non-hydrogen) atoms. The fraction of sp³-hybridized carbons (Fsp3) is 0.306. The smallest absolute Gasteiger partial charge is 0.171 e. The molecule has 0 saturated heterocycles. The SMILES string of the molecule is CC(C)(C)c1cc2c3c(c1)C(C)(C)C(C)(C)c1c-3c(c3c4cc5c(cc4n4c6cc7c(cc6c1c34)C1c3ccccc3C13c1ccccc1C3C7=O)C(=O)C1c3ccccc3C13c1ccccc1C53)C(C)(C)C2(C)C. The Hall–Kier alpha value is -7.10. The summed E-state index contributed by atoms with van der Waals surface area (Å²) < 4.78 is 2.56. The fourth-order valence-corrected chi connectivity index (χ4v) is 18.7. The number of benzene rings is 8. The van der Waals surface area contributed by atoms with E-state index in [0.29, 0.717) is 0 Å². The lowest BCUT2D eigenvalue weighted by atomic mass is 9.36. The Labute approximate surface area is 438 Å². The second-order valence-corrected chi connectivity index (χ2v) is 27.7. The Balaban J connectivity index is 1.05. The van der Waals surface area contributed by atoms with Crippen molar-refractivity contribution >= 4 is 49.7 Å². The molecule has 364 valence electrons. The first-order valence-electron chi connectivity index (χ1n) is 27.8. The van der Waals surface area contributed by atoms with Gasteiger partial charge in [-0.25, -0.2) is 0 Å². The van der Waals surface area contributed by atoms with Crippen molar-refractivity contribution in [2.45, 2.75) is 138 Å². The summed E-state index contributed by atoms with van der Waals surface area (Å²) in [6, 6.07) is 50.3. The van der Waals surface area contributed by atoms with E-state index >= 15 is 9.59 Å². The molecule has 6 unspecified atom stereocenters. The van der Waals surface area contributed by atoms with Gasteiger partial charge in [-0.2, -0.15) is 0 Å². The van der Waals surface area contributed by atoms with Crippen molar-refractivity contribution in [1.29, 1.82) is 0 Å². The maximum absolute atomic E-state index is 15.8. The van der Waals surface area contributed by atoms with Crippen LogP contribution in [0.2, 0.25) is 0 Å². The molecule has 0 N–H and O–H groups in total. The molecule has 0 radical (unpaired) electrons. The molecule has 3 nitrogen and oxygen atoms in total. The van der Waals surface area contributed by atoms with E-state index in [2.05, 4.69) is 214 Å². The van der Waals surface area contributed by atoms with Gasteiger partial charge in [-0.05, 0) is 135 Å². The monoisotopic (exact) mass is 969 g/mol. The van der Waals surface area contributed by atoms with Crippen molar-refractivity contribution in [2.24, 2.45) is 0 Å². The second kappa shape index (κ2) is 12.0. The Bertz CT molecular complexity index is 4270. The lowest BCUT2D eigenvalue weighted by molar-refractivity contribution is 0.0839. The molecule has 8 aromatic carbocycles. The van der Waals surface area contributed by atoms with Gasteiger partial charge in [0.1, 0.15) is 0 Å². The molecule has 0 bridgehead atoms. The van der Waals surface area contributed by atoms with Crippen LogP contribution in [0.1, 0.15) is 204 Å². The molecular formula is C72H59NO2. The topological polar surface area (TPSA) is 38.5 Å². The van der Waals surface area contributed by atoms with Crippen LogP contribution in [0.4, 0.5) is 0 Å². The van der Waals surface area contributed by atoms with Crippen LogP contribution in [0.25, 0.3) is 49.2 Å². The molecule has 8 aliphatic rings. The van der Waals surface area contributed by atoms with Crippen LogP contribution in [0, 0.1) is 0 Å². The number of nitrogens with zero attached hydrogens (tertiary/aromatic N) is 1. The Morgan fingerprint density at radius 2 is 0.760 bits per heavy atom. The van der Waals surface area contributed by atoms with Gasteiger partial charge < -0.3 is 4.40 Å². The summed E-state index contributed by atoms with van der Waals surface area (Å²) in [6.45, 7) is 27.3. The highest BCUT2D eigenvalue weighted by Crippen LogP contribution is 2.76. The number of carbonyl (C=O) groups is 2. The van der Waals surface area contributed by atoms with E-state index in [0.717, 1.165) is 33.3 Å². The normalized spacial score (nSPS) is 26.9. The highest BCUT2D eigenvalue weighted by atomic mass is 16.1. The van der Waals surface area contributed by atoms with Crippen LogP contribution < -0.4 is 0 Å². The van der Waals surface area contributed by atoms with Crippen molar-refractivity contribution in [3.8, 4) is 11.1 Å². The molecule has 0 saturated carbocycles. The number of rotatable bonds is 0. The molecule has 0 aliphatic heterocycles. The predicted molar refractivity (Wildman–Crippen MR) is 302 cm³/mol. The Morgan fingerprint density at radius 1 is 0.400 bits per heavy atom. The summed E-state index contributed by atoms with van der Waals surface area (Å²) in [5.41, 5.74) is 25.8. The maximum atomic E-state index is 15.8. The zero-order valence-electron chi connectivity index (χ0n) is 44.8. The number of aromatic nitrogens is 1. The molecule has 3 heteroatoms. The van der Waals surface area contributed by atoms with Crippen molar-refractivity contribution in [2.75, 3.05) is 0 Å². The first-order chi connectivity index (χ1) is 35.7. The summed E-state index contributed by atoms with van der Waals surface area (Å²) in [6.07, 6.45) is 0. The van der Waals surface area contributed by atoms with Crippen LogP contribution in [-0.2, 0) is 37.9 Å². The number of Topliss-reactive ketones (excluding diaryl/α,β-unsaturated/α-hetero) is 2. The largest absolute Gasteiger partial charge is 0.308 e. The molecule has 0 fully saturated rings. The third-order valence-electron chi connectivity index (χ3n) is 23.4. The van der Waals surface area contributed by atoms with Gasteiger partial charge in [0, 0.05) is 66.2 Å². The van der Waals surface area contributed by atoms with Gasteiger partial charge >= 0.3 is 0 Å². The molecule has 10 aromatic rings. The van der Waals surface area contributed by atoms with Gasteiger partial charge in [0.05, 0.1) is 28.4 Å². The zero-order valence-corrected chi connectivity index (χ0v) is 44.8. The van der Waals surface area contributed by atoms with Gasteiger partial charge in [0.2, 0.25) is 0 Å². The molecule has 2 aromatic heterocycles. The van der Waals surface area contributed by atoms with Gasteiger partial charge in [-0.3, -0.25) is 9.59 Å². The van der Waals surface area contributed by atoms with Crippen molar-refractivity contribution in [1.82, 2.24) is 4.40 Å². The third kappa shape index (κ3) is 3.90. The van der Waals surface area contributed by atoms with E-state index < -0.39 is 0 Å². The summed E-state index contributed by atoms with van der Waals surface area (Å²) in [5.74, 6) is 0.148. The van der Waals surface area contributed by atoms with Crippen LogP contribution in [0.15, 0.2) is 133 Å². The first kappa shape index (κ1) is 42.2. The van der Waals surface area contributed by atoms with E-state index in [9.17, 15) is 0 Å². The van der Waals surface area contributed by atoms with Gasteiger partial charge in [-0.1, -0.05) is 185 Å². The van der Waals surface area contributed by atoms with Crippen LogP contribution >= 0.6 is 0 Å². The van der Waals surface area contributed by atoms with Gasteiger partial charge in [-0.15, -0.1) is 0 Å². The van der Waals surface area contributed by atoms with E-state index in [4.69, 9.17) is 0 Å². The van der Waals surface area contributed by atoms with Gasteiger partial charge in [0.15, 0.2) is 11.6 Å². The van der Waals surface area contributed by atoms with E-state index in [-0.39, 0.29) is 73.1 Å². The molecule has 0 amide bonds. The minimum atomic E-state index is -0.365. The lowest BCUT2D eigenvalue weighted by Gasteiger charge is -2.64. The summed E-state index contributed by atoms with van der Waals surface area (Å²) in [5, 5.41) is 5.07. The Kier molecular flexibility index (Phi) is 6.72. The molecule has 18 rings (SSSR count). The van der Waals surface area contributed by atoms with E-state index in [1.165, 1.54) is 111 Å². The third-order valence-corrected chi connectivity index (χ3v) is 23.4. The fourth-order valence-electron chi connectivity index (χ4n) is 18.7. The van der Waals surface area contributed by atoms with E-state index in [1.807, 2.05) is 0 Å². The average Bonchev–Trinajstić information content (AvgIpc) is 4.02. The molecule has 6 atom stereocenters. The van der Waals surface area contributed by atoms with Crippen LogP contribution in [0.3, 0.4) is 0 Å². The number of ketones is 2. The minimum absolute atomic E-state index is 0.0428. The molecular weight excluding hydrogens is 911 g/mol. The Morgan fingerprint density at radius 3 is 1.13 bits per heavy atom. The maximum Gasteiger partial charge on any atom is 0.171 e. The molecule has 2 spiro atoms. The van der Waals surface area contributed by atoms with Crippen molar-refractivity contribution in [3.63, 3.8) is 0 Å². The highest BCUT2D eigenvalue weighted by molar-refractivity contribution is 6.30. The number of carbonyl (C=O) groups excluding carboxylic acids is 2. The quantitative estimate of drug-likeness (QED) is 0.152. The average molecular weight is 970 g/mol. The van der Waals surface area contributed by atoms with Crippen LogP contribution in [0.5, 0.6) is 0 Å². The molecule has 2 heterocycles. The van der Waals surface area contributed by atoms with E-state index in [1.54, 1.807) is 0 Å². The standard InChI is InChI=1S/C72H59NO2/c1-66(2,3)34-28-49-55-50(29-34)68(6,7)70(10,11)62-54-44-31-40-42(65(75)60-38-23-15-19-27-48(38)72(60)46-25-17-13-21-36(46)58(40)72)33-52(44)73-51-32-41-39(30-43(51)53(63(54)73)61(56(55)62)69(8,9)67(49,4)5)57-35-20-12-16-24-45(35)71(57)47-26-18-14-22-37(47)59(71)64(41)74/h12-33,57-60H,1-11H3. The first-order valence-corrected chi connectivity index (χ1v) is 27.8. The van der Waals surface area contributed by atoms with Crippen molar-refractivity contribution < 1.29 is 9.59 Å². The number of fused-ring (bicyclic) bond motifs is 20. The number of hydrogen-bond donors (Lipinski definition) is 0.